The van der Waals surface area contributed by atoms with Crippen molar-refractivity contribution in [3.63, 3.8) is 0 Å². The van der Waals surface area contributed by atoms with Crippen LogP contribution in [-0.4, -0.2) is 39.4 Å². The van der Waals surface area contributed by atoms with Crippen LogP contribution >= 0.6 is 0 Å². The molecule has 1 atom stereocenters. The van der Waals surface area contributed by atoms with Gasteiger partial charge in [-0.05, 0) is 42.2 Å². The standard InChI is InChI=1S/C21H28N2O4S/c1-16(2)14-20(21(24)23(3)15-17-8-6-5-7-9-17)22-28(25,26)19-12-10-18(27-4)11-13-19/h5-13,16,20,22H,14-15H2,1-4H3. The first kappa shape index (κ1) is 21.9. The third kappa shape index (κ3) is 6.07. The molecule has 0 aliphatic carbocycles. The van der Waals surface area contributed by atoms with E-state index in [1.165, 1.54) is 19.2 Å². The van der Waals surface area contributed by atoms with E-state index in [0.29, 0.717) is 18.7 Å². The average molecular weight is 405 g/mol. The van der Waals surface area contributed by atoms with E-state index in [0.717, 1.165) is 5.56 Å². The highest BCUT2D eigenvalue weighted by atomic mass is 32.2. The van der Waals surface area contributed by atoms with Crippen molar-refractivity contribution in [2.24, 2.45) is 5.92 Å². The molecule has 6 nitrogen and oxygen atoms in total. The number of rotatable bonds is 9. The fourth-order valence-electron chi connectivity index (χ4n) is 2.88. The number of sulfonamides is 1. The van der Waals surface area contributed by atoms with Crippen LogP contribution in [0.5, 0.6) is 5.75 Å². The number of methoxy groups -OCH3 is 1. The molecule has 2 aromatic rings. The van der Waals surface area contributed by atoms with Crippen LogP contribution < -0.4 is 9.46 Å². The molecule has 2 rings (SSSR count). The van der Waals surface area contributed by atoms with E-state index < -0.39 is 16.1 Å². The van der Waals surface area contributed by atoms with Gasteiger partial charge in [-0.25, -0.2) is 8.42 Å². The van der Waals surface area contributed by atoms with Gasteiger partial charge in [-0.3, -0.25) is 4.79 Å². The SMILES string of the molecule is COc1ccc(S(=O)(=O)NC(CC(C)C)C(=O)N(C)Cc2ccccc2)cc1. The summed E-state index contributed by atoms with van der Waals surface area (Å²) in [5.74, 6) is 0.462. The van der Waals surface area contributed by atoms with Gasteiger partial charge in [0.15, 0.2) is 0 Å². The van der Waals surface area contributed by atoms with Gasteiger partial charge in [-0.2, -0.15) is 4.72 Å². The number of hydrogen-bond donors (Lipinski definition) is 1. The maximum absolute atomic E-state index is 13.0. The summed E-state index contributed by atoms with van der Waals surface area (Å²) in [6.07, 6.45) is 0.410. The molecule has 0 aliphatic rings. The molecular weight excluding hydrogens is 376 g/mol. The molecule has 1 unspecified atom stereocenters. The Labute approximate surface area is 167 Å². The summed E-state index contributed by atoms with van der Waals surface area (Å²) in [7, 11) is -0.634. The molecule has 1 N–H and O–H groups in total. The summed E-state index contributed by atoms with van der Waals surface area (Å²) in [4.78, 5) is 14.6. The number of nitrogens with one attached hydrogen (secondary N) is 1. The van der Waals surface area contributed by atoms with Crippen LogP contribution in [0.3, 0.4) is 0 Å². The van der Waals surface area contributed by atoms with Gasteiger partial charge < -0.3 is 9.64 Å². The van der Waals surface area contributed by atoms with Gasteiger partial charge in [0.25, 0.3) is 0 Å². The van der Waals surface area contributed by atoms with Crippen molar-refractivity contribution < 1.29 is 17.9 Å². The fraction of sp³-hybridized carbons (Fsp3) is 0.381. The van der Waals surface area contributed by atoms with Crippen LogP contribution in [0.2, 0.25) is 0 Å². The molecule has 0 aliphatic heterocycles. The maximum Gasteiger partial charge on any atom is 0.241 e. The number of amides is 1. The first-order chi connectivity index (χ1) is 13.2. The molecule has 0 radical (unpaired) electrons. The largest absolute Gasteiger partial charge is 0.497 e. The number of hydrogen-bond acceptors (Lipinski definition) is 4. The highest BCUT2D eigenvalue weighted by Crippen LogP contribution is 2.18. The minimum Gasteiger partial charge on any atom is -0.497 e. The van der Waals surface area contributed by atoms with Crippen LogP contribution in [0.25, 0.3) is 0 Å². The summed E-state index contributed by atoms with van der Waals surface area (Å²) in [6, 6.07) is 14.8. The lowest BCUT2D eigenvalue weighted by Gasteiger charge is -2.26. The Balaban J connectivity index is 2.18. The molecule has 0 saturated carbocycles. The Morgan fingerprint density at radius 2 is 1.68 bits per heavy atom. The Morgan fingerprint density at radius 1 is 1.07 bits per heavy atom. The summed E-state index contributed by atoms with van der Waals surface area (Å²) >= 11 is 0. The molecule has 0 bridgehead atoms. The molecule has 2 aromatic carbocycles. The van der Waals surface area contributed by atoms with Crippen molar-refractivity contribution in [1.82, 2.24) is 9.62 Å². The first-order valence-corrected chi connectivity index (χ1v) is 10.7. The lowest BCUT2D eigenvalue weighted by atomic mass is 10.0. The van der Waals surface area contributed by atoms with Crippen molar-refractivity contribution in [2.45, 2.75) is 37.8 Å². The minimum atomic E-state index is -3.83. The minimum absolute atomic E-state index is 0.0977. The topological polar surface area (TPSA) is 75.7 Å². The third-order valence-corrected chi connectivity index (χ3v) is 5.80. The molecule has 7 heteroatoms. The number of carbonyl (C=O) groups is 1. The van der Waals surface area contributed by atoms with Crippen LogP contribution in [-0.2, 0) is 21.4 Å². The second-order valence-corrected chi connectivity index (χ2v) is 8.87. The Bertz CT molecular complexity index is 865. The van der Waals surface area contributed by atoms with Crippen LogP contribution in [0.4, 0.5) is 0 Å². The molecule has 152 valence electrons. The molecular formula is C21H28N2O4S. The Hall–Kier alpha value is -2.38. The van der Waals surface area contributed by atoms with Gasteiger partial charge in [0.05, 0.1) is 12.0 Å². The smallest absolute Gasteiger partial charge is 0.241 e. The average Bonchev–Trinajstić information content (AvgIpc) is 2.67. The monoisotopic (exact) mass is 404 g/mol. The molecule has 0 spiro atoms. The molecule has 0 fully saturated rings. The Kier molecular flexibility index (Phi) is 7.60. The van der Waals surface area contributed by atoms with E-state index in [9.17, 15) is 13.2 Å². The molecule has 1 amide bonds. The van der Waals surface area contributed by atoms with E-state index in [1.807, 2.05) is 44.2 Å². The third-order valence-electron chi connectivity index (χ3n) is 4.31. The predicted molar refractivity (Wildman–Crippen MR) is 109 cm³/mol. The molecule has 0 aromatic heterocycles. The fourth-order valence-corrected chi connectivity index (χ4v) is 4.08. The second kappa shape index (κ2) is 9.71. The zero-order valence-corrected chi connectivity index (χ0v) is 17.6. The van der Waals surface area contributed by atoms with E-state index in [2.05, 4.69) is 4.72 Å². The molecule has 0 saturated heterocycles. The van der Waals surface area contributed by atoms with Gasteiger partial charge in [0.2, 0.25) is 15.9 Å². The highest BCUT2D eigenvalue weighted by Gasteiger charge is 2.28. The van der Waals surface area contributed by atoms with Crippen molar-refractivity contribution in [2.75, 3.05) is 14.2 Å². The van der Waals surface area contributed by atoms with Crippen LogP contribution in [0.15, 0.2) is 59.5 Å². The highest BCUT2D eigenvalue weighted by molar-refractivity contribution is 7.89. The number of ether oxygens (including phenoxy) is 1. The van der Waals surface area contributed by atoms with E-state index in [4.69, 9.17) is 4.74 Å². The lowest BCUT2D eigenvalue weighted by Crippen LogP contribution is -2.47. The summed E-state index contributed by atoms with van der Waals surface area (Å²) in [5.41, 5.74) is 0.986. The quantitative estimate of drug-likeness (QED) is 0.697. The number of benzene rings is 2. The molecule has 28 heavy (non-hydrogen) atoms. The van der Waals surface area contributed by atoms with Crippen molar-refractivity contribution in [1.29, 1.82) is 0 Å². The van der Waals surface area contributed by atoms with Gasteiger partial charge in [-0.15, -0.1) is 0 Å². The zero-order chi connectivity index (χ0) is 20.7. The lowest BCUT2D eigenvalue weighted by molar-refractivity contribution is -0.132. The number of nitrogens with zero attached hydrogens (tertiary/aromatic N) is 1. The summed E-state index contributed by atoms with van der Waals surface area (Å²) < 4.78 is 33.2. The predicted octanol–water partition coefficient (Wildman–Crippen LogP) is 3.05. The van der Waals surface area contributed by atoms with Gasteiger partial charge in [0.1, 0.15) is 11.8 Å². The summed E-state index contributed by atoms with van der Waals surface area (Å²) in [6.45, 7) is 4.33. The second-order valence-electron chi connectivity index (χ2n) is 7.16. The first-order valence-electron chi connectivity index (χ1n) is 9.18. The van der Waals surface area contributed by atoms with E-state index in [-0.39, 0.29) is 16.7 Å². The molecule has 0 heterocycles. The van der Waals surface area contributed by atoms with Crippen molar-refractivity contribution in [3.05, 3.63) is 60.2 Å². The van der Waals surface area contributed by atoms with Crippen LogP contribution in [0, 0.1) is 5.92 Å². The van der Waals surface area contributed by atoms with Crippen molar-refractivity contribution >= 4 is 15.9 Å². The number of likely N-dealkylation sites (N-methyl/N-ethyl adjacent to an activating group) is 1. The Morgan fingerprint density at radius 3 is 2.21 bits per heavy atom. The maximum atomic E-state index is 13.0. The van der Waals surface area contributed by atoms with Gasteiger partial charge in [0, 0.05) is 13.6 Å². The number of carbonyl (C=O) groups excluding carboxylic acids is 1. The van der Waals surface area contributed by atoms with Gasteiger partial charge in [-0.1, -0.05) is 44.2 Å². The zero-order valence-electron chi connectivity index (χ0n) is 16.8. The van der Waals surface area contributed by atoms with Crippen LogP contribution in [0.1, 0.15) is 25.8 Å². The van der Waals surface area contributed by atoms with E-state index >= 15 is 0 Å². The van der Waals surface area contributed by atoms with E-state index in [1.54, 1.807) is 24.1 Å². The van der Waals surface area contributed by atoms with Crippen molar-refractivity contribution in [3.8, 4) is 5.75 Å². The van der Waals surface area contributed by atoms with Gasteiger partial charge >= 0.3 is 0 Å². The normalized spacial score (nSPS) is 12.6. The summed E-state index contributed by atoms with van der Waals surface area (Å²) in [5, 5.41) is 0.